The second-order valence-electron chi connectivity index (χ2n) is 6.68. The van der Waals surface area contributed by atoms with E-state index in [0.29, 0.717) is 35.4 Å². The predicted octanol–water partition coefficient (Wildman–Crippen LogP) is 4.70. The van der Waals surface area contributed by atoms with Crippen LogP contribution in [0, 0.1) is 12.7 Å². The third kappa shape index (κ3) is 4.02. The second-order valence-corrected chi connectivity index (χ2v) is 7.08. The second kappa shape index (κ2) is 8.02. The van der Waals surface area contributed by atoms with Crippen molar-refractivity contribution in [2.45, 2.75) is 6.92 Å². The lowest BCUT2D eigenvalue weighted by Gasteiger charge is -2.36. The molecular formula is C21H20ClFN4O. The molecule has 1 fully saturated rings. The number of rotatable bonds is 4. The van der Waals surface area contributed by atoms with Crippen LogP contribution in [-0.2, 0) is 0 Å². The standard InChI is InChI=1S/C21H20ClFN4O/c1-15-6-7-16(22)19(12-15)28-21-13-20(24-14-25-21)27-10-8-26(9-11-27)18-5-3-2-4-17(18)23/h2-7,12-14H,8-11H2,1H3. The number of para-hydroxylation sites is 1. The van der Waals surface area contributed by atoms with E-state index in [1.165, 1.54) is 12.4 Å². The quantitative estimate of drug-likeness (QED) is 0.637. The first-order chi connectivity index (χ1) is 13.6. The summed E-state index contributed by atoms with van der Waals surface area (Å²) < 4.78 is 19.9. The Hall–Kier alpha value is -2.86. The Morgan fingerprint density at radius 3 is 2.50 bits per heavy atom. The number of ether oxygens (including phenoxy) is 1. The van der Waals surface area contributed by atoms with E-state index in [4.69, 9.17) is 16.3 Å². The lowest BCUT2D eigenvalue weighted by Crippen LogP contribution is -2.47. The van der Waals surface area contributed by atoms with Crippen molar-refractivity contribution in [2.75, 3.05) is 36.0 Å². The minimum absolute atomic E-state index is 0.191. The highest BCUT2D eigenvalue weighted by molar-refractivity contribution is 6.32. The number of hydrogen-bond donors (Lipinski definition) is 0. The van der Waals surface area contributed by atoms with Gasteiger partial charge in [0.05, 0.1) is 10.7 Å². The summed E-state index contributed by atoms with van der Waals surface area (Å²) in [6, 6.07) is 14.3. The minimum Gasteiger partial charge on any atom is -0.437 e. The van der Waals surface area contributed by atoms with Crippen LogP contribution < -0.4 is 14.5 Å². The number of anilines is 2. The minimum atomic E-state index is -0.191. The van der Waals surface area contributed by atoms with Gasteiger partial charge in [0.15, 0.2) is 0 Å². The topological polar surface area (TPSA) is 41.5 Å². The molecule has 0 aliphatic carbocycles. The Balaban J connectivity index is 1.45. The molecule has 3 aromatic rings. The number of halogens is 2. The summed E-state index contributed by atoms with van der Waals surface area (Å²) in [6.07, 6.45) is 1.48. The van der Waals surface area contributed by atoms with Gasteiger partial charge in [-0.2, -0.15) is 0 Å². The fourth-order valence-electron chi connectivity index (χ4n) is 3.24. The van der Waals surface area contributed by atoms with Gasteiger partial charge in [-0.1, -0.05) is 29.8 Å². The number of benzene rings is 2. The van der Waals surface area contributed by atoms with Crippen molar-refractivity contribution in [3.05, 3.63) is 71.3 Å². The molecule has 0 bridgehead atoms. The first kappa shape index (κ1) is 18.5. The molecule has 1 aromatic heterocycles. The van der Waals surface area contributed by atoms with Crippen molar-refractivity contribution in [3.8, 4) is 11.6 Å². The van der Waals surface area contributed by atoms with E-state index >= 15 is 0 Å². The van der Waals surface area contributed by atoms with Gasteiger partial charge in [0.2, 0.25) is 5.88 Å². The maximum absolute atomic E-state index is 14.0. The largest absolute Gasteiger partial charge is 0.437 e. The molecule has 2 aromatic carbocycles. The van der Waals surface area contributed by atoms with Crippen LogP contribution in [0.3, 0.4) is 0 Å². The van der Waals surface area contributed by atoms with E-state index in [2.05, 4.69) is 19.8 Å². The van der Waals surface area contributed by atoms with Crippen molar-refractivity contribution in [2.24, 2.45) is 0 Å². The Kier molecular flexibility index (Phi) is 5.30. The Morgan fingerprint density at radius 1 is 0.964 bits per heavy atom. The molecule has 5 nitrogen and oxygen atoms in total. The summed E-state index contributed by atoms with van der Waals surface area (Å²) in [5, 5.41) is 0.532. The molecular weight excluding hydrogens is 379 g/mol. The average Bonchev–Trinajstić information content (AvgIpc) is 2.72. The highest BCUT2D eigenvalue weighted by Gasteiger charge is 2.20. The zero-order valence-corrected chi connectivity index (χ0v) is 16.2. The number of aryl methyl sites for hydroxylation is 1. The molecule has 0 radical (unpaired) electrons. The molecule has 0 spiro atoms. The van der Waals surface area contributed by atoms with Crippen LogP contribution in [0.5, 0.6) is 11.6 Å². The van der Waals surface area contributed by atoms with Crippen LogP contribution in [0.25, 0.3) is 0 Å². The molecule has 1 aliphatic heterocycles. The SMILES string of the molecule is Cc1ccc(Cl)c(Oc2cc(N3CCN(c4ccccc4F)CC3)ncn2)c1. The monoisotopic (exact) mass is 398 g/mol. The van der Waals surface area contributed by atoms with E-state index in [0.717, 1.165) is 24.5 Å². The van der Waals surface area contributed by atoms with E-state index in [-0.39, 0.29) is 5.82 Å². The summed E-state index contributed by atoms with van der Waals surface area (Å²) in [4.78, 5) is 12.8. The van der Waals surface area contributed by atoms with Gasteiger partial charge in [0.1, 0.15) is 23.7 Å². The summed E-state index contributed by atoms with van der Waals surface area (Å²) in [5.74, 6) is 1.59. The molecule has 4 rings (SSSR count). The van der Waals surface area contributed by atoms with Crippen molar-refractivity contribution in [1.82, 2.24) is 9.97 Å². The normalized spacial score (nSPS) is 14.2. The van der Waals surface area contributed by atoms with Crippen LogP contribution in [0.1, 0.15) is 5.56 Å². The molecule has 144 valence electrons. The van der Waals surface area contributed by atoms with Gasteiger partial charge < -0.3 is 14.5 Å². The Morgan fingerprint density at radius 2 is 1.71 bits per heavy atom. The molecule has 28 heavy (non-hydrogen) atoms. The zero-order valence-electron chi connectivity index (χ0n) is 15.5. The van der Waals surface area contributed by atoms with Gasteiger partial charge in [-0.05, 0) is 36.8 Å². The van der Waals surface area contributed by atoms with Gasteiger partial charge >= 0.3 is 0 Å². The molecule has 7 heteroatoms. The fraction of sp³-hybridized carbons (Fsp3) is 0.238. The van der Waals surface area contributed by atoms with E-state index in [1.807, 2.05) is 31.2 Å². The third-order valence-electron chi connectivity index (χ3n) is 4.73. The summed E-state index contributed by atoms with van der Waals surface area (Å²) >= 11 is 6.21. The fourth-order valence-corrected chi connectivity index (χ4v) is 3.40. The van der Waals surface area contributed by atoms with Gasteiger partial charge in [0, 0.05) is 32.2 Å². The van der Waals surface area contributed by atoms with Gasteiger partial charge in [0.25, 0.3) is 0 Å². The van der Waals surface area contributed by atoms with Crippen molar-refractivity contribution in [1.29, 1.82) is 0 Å². The number of nitrogens with zero attached hydrogens (tertiary/aromatic N) is 4. The summed E-state index contributed by atoms with van der Waals surface area (Å²) in [6.45, 7) is 4.87. The zero-order chi connectivity index (χ0) is 19.5. The molecule has 1 aliphatic rings. The van der Waals surface area contributed by atoms with Crippen LogP contribution in [0.2, 0.25) is 5.02 Å². The third-order valence-corrected chi connectivity index (χ3v) is 5.04. The van der Waals surface area contributed by atoms with Gasteiger partial charge in [-0.25, -0.2) is 14.4 Å². The lowest BCUT2D eigenvalue weighted by atomic mass is 10.2. The van der Waals surface area contributed by atoms with E-state index < -0.39 is 0 Å². The molecule has 0 N–H and O–H groups in total. The number of aromatic nitrogens is 2. The maximum atomic E-state index is 14.0. The van der Waals surface area contributed by atoms with E-state index in [1.54, 1.807) is 18.2 Å². The van der Waals surface area contributed by atoms with Crippen molar-refractivity contribution < 1.29 is 9.13 Å². The predicted molar refractivity (Wildman–Crippen MR) is 109 cm³/mol. The first-order valence-electron chi connectivity index (χ1n) is 9.10. The average molecular weight is 399 g/mol. The van der Waals surface area contributed by atoms with Crippen LogP contribution in [0.4, 0.5) is 15.9 Å². The Bertz CT molecular complexity index is 976. The molecule has 2 heterocycles. The maximum Gasteiger partial charge on any atom is 0.224 e. The smallest absolute Gasteiger partial charge is 0.224 e. The van der Waals surface area contributed by atoms with Gasteiger partial charge in [-0.15, -0.1) is 0 Å². The van der Waals surface area contributed by atoms with Crippen LogP contribution in [-0.4, -0.2) is 36.1 Å². The first-order valence-corrected chi connectivity index (χ1v) is 9.48. The van der Waals surface area contributed by atoms with Crippen molar-refractivity contribution in [3.63, 3.8) is 0 Å². The number of piperazine rings is 1. The van der Waals surface area contributed by atoms with Crippen LogP contribution >= 0.6 is 11.6 Å². The lowest BCUT2D eigenvalue weighted by molar-refractivity contribution is 0.461. The molecule has 1 saturated heterocycles. The van der Waals surface area contributed by atoms with Gasteiger partial charge in [-0.3, -0.25) is 0 Å². The highest BCUT2D eigenvalue weighted by atomic mass is 35.5. The highest BCUT2D eigenvalue weighted by Crippen LogP contribution is 2.30. The summed E-state index contributed by atoms with van der Waals surface area (Å²) in [5.41, 5.74) is 1.70. The molecule has 0 atom stereocenters. The Labute approximate surface area is 168 Å². The number of hydrogen-bond acceptors (Lipinski definition) is 5. The molecule has 0 saturated carbocycles. The summed E-state index contributed by atoms with van der Waals surface area (Å²) in [7, 11) is 0. The molecule has 0 unspecified atom stereocenters. The van der Waals surface area contributed by atoms with E-state index in [9.17, 15) is 4.39 Å². The van der Waals surface area contributed by atoms with Crippen LogP contribution in [0.15, 0.2) is 54.9 Å². The van der Waals surface area contributed by atoms with Crippen molar-refractivity contribution >= 4 is 23.1 Å². The molecule has 0 amide bonds.